The first-order valence-corrected chi connectivity index (χ1v) is 3.86. The number of anilines is 2. The van der Waals surface area contributed by atoms with Crippen LogP contribution in [0.15, 0.2) is 16.6 Å². The third kappa shape index (κ3) is 1.63. The summed E-state index contributed by atoms with van der Waals surface area (Å²) in [6.07, 6.45) is 0. The van der Waals surface area contributed by atoms with Crippen molar-refractivity contribution in [3.63, 3.8) is 0 Å². The van der Waals surface area contributed by atoms with E-state index in [1.807, 2.05) is 0 Å². The van der Waals surface area contributed by atoms with Crippen LogP contribution in [-0.4, -0.2) is 7.05 Å². The minimum atomic E-state index is -0.346. The van der Waals surface area contributed by atoms with Crippen LogP contribution in [0, 0.1) is 5.82 Å². The molecule has 1 aromatic carbocycles. The first-order valence-electron chi connectivity index (χ1n) is 3.07. The van der Waals surface area contributed by atoms with Gasteiger partial charge < -0.3 is 11.1 Å². The second-order valence-electron chi connectivity index (χ2n) is 2.10. The molecule has 1 rings (SSSR count). The normalized spacial score (nSPS) is 9.73. The van der Waals surface area contributed by atoms with Crippen LogP contribution < -0.4 is 11.1 Å². The van der Waals surface area contributed by atoms with Crippen molar-refractivity contribution in [1.82, 2.24) is 0 Å². The molecular formula is C7H8BrFN2. The van der Waals surface area contributed by atoms with Gasteiger partial charge in [-0.2, -0.15) is 0 Å². The van der Waals surface area contributed by atoms with Gasteiger partial charge in [0.2, 0.25) is 0 Å². The molecule has 0 spiro atoms. The summed E-state index contributed by atoms with van der Waals surface area (Å²) >= 11 is 3.05. The van der Waals surface area contributed by atoms with E-state index >= 15 is 0 Å². The summed E-state index contributed by atoms with van der Waals surface area (Å²) in [5, 5.41) is 2.84. The van der Waals surface area contributed by atoms with Gasteiger partial charge >= 0.3 is 0 Å². The van der Waals surface area contributed by atoms with Gasteiger partial charge in [0.25, 0.3) is 0 Å². The Bertz CT molecular complexity index is 275. The Balaban J connectivity index is 3.21. The van der Waals surface area contributed by atoms with Crippen LogP contribution in [0.25, 0.3) is 0 Å². The number of nitrogen functional groups attached to an aromatic ring is 1. The molecule has 0 unspecified atom stereocenters. The highest BCUT2D eigenvalue weighted by Gasteiger charge is 2.03. The molecule has 0 saturated heterocycles. The van der Waals surface area contributed by atoms with Crippen LogP contribution in [0.2, 0.25) is 0 Å². The number of hydrogen-bond acceptors (Lipinski definition) is 2. The lowest BCUT2D eigenvalue weighted by atomic mass is 10.2. The molecule has 0 aliphatic rings. The van der Waals surface area contributed by atoms with Crippen LogP contribution in [0.5, 0.6) is 0 Å². The van der Waals surface area contributed by atoms with Crippen LogP contribution >= 0.6 is 15.9 Å². The van der Waals surface area contributed by atoms with Crippen molar-refractivity contribution in [3.8, 4) is 0 Å². The number of rotatable bonds is 1. The van der Waals surface area contributed by atoms with Gasteiger partial charge in [-0.25, -0.2) is 4.39 Å². The summed E-state index contributed by atoms with van der Waals surface area (Å²) in [5.41, 5.74) is 6.61. The average molecular weight is 219 g/mol. The van der Waals surface area contributed by atoms with E-state index in [1.165, 1.54) is 6.07 Å². The monoisotopic (exact) mass is 218 g/mol. The molecular weight excluding hydrogens is 211 g/mol. The average Bonchev–Trinajstić information content (AvgIpc) is 1.97. The zero-order valence-electron chi connectivity index (χ0n) is 5.99. The minimum absolute atomic E-state index is 0.346. The van der Waals surface area contributed by atoms with Crippen LogP contribution in [-0.2, 0) is 0 Å². The standard InChI is InChI=1S/C7H8BrFN2/c1-11-7-2-4(8)5(9)3-6(7)10/h2-3,11H,10H2,1H3. The first-order chi connectivity index (χ1) is 5.15. The zero-order chi connectivity index (χ0) is 8.43. The summed E-state index contributed by atoms with van der Waals surface area (Å²) in [5.74, 6) is -0.346. The number of nitrogens with two attached hydrogens (primary N) is 1. The molecule has 0 aromatic heterocycles. The Morgan fingerprint density at radius 3 is 2.73 bits per heavy atom. The van der Waals surface area contributed by atoms with E-state index in [1.54, 1.807) is 13.1 Å². The Morgan fingerprint density at radius 1 is 1.55 bits per heavy atom. The van der Waals surface area contributed by atoms with Crippen molar-refractivity contribution in [1.29, 1.82) is 0 Å². The van der Waals surface area contributed by atoms with Gasteiger partial charge in [0.1, 0.15) is 5.82 Å². The lowest BCUT2D eigenvalue weighted by Crippen LogP contribution is -1.96. The Morgan fingerprint density at radius 2 is 2.18 bits per heavy atom. The number of benzene rings is 1. The molecule has 0 atom stereocenters. The minimum Gasteiger partial charge on any atom is -0.397 e. The van der Waals surface area contributed by atoms with E-state index in [0.717, 1.165) is 5.69 Å². The molecule has 1 aromatic rings. The van der Waals surface area contributed by atoms with Gasteiger partial charge in [-0.1, -0.05) is 0 Å². The molecule has 0 bridgehead atoms. The van der Waals surface area contributed by atoms with Crippen molar-refractivity contribution in [2.75, 3.05) is 18.1 Å². The fourth-order valence-corrected chi connectivity index (χ4v) is 1.12. The Kier molecular flexibility index (Phi) is 2.34. The van der Waals surface area contributed by atoms with Gasteiger partial charge in [0.05, 0.1) is 15.8 Å². The predicted octanol–water partition coefficient (Wildman–Crippen LogP) is 2.21. The summed E-state index contributed by atoms with van der Waals surface area (Å²) in [7, 11) is 1.73. The van der Waals surface area contributed by atoms with Gasteiger partial charge in [0, 0.05) is 13.1 Å². The highest BCUT2D eigenvalue weighted by atomic mass is 79.9. The van der Waals surface area contributed by atoms with Gasteiger partial charge in [-0.3, -0.25) is 0 Å². The van der Waals surface area contributed by atoms with E-state index < -0.39 is 0 Å². The first kappa shape index (κ1) is 8.33. The molecule has 0 fully saturated rings. The second-order valence-corrected chi connectivity index (χ2v) is 2.96. The van der Waals surface area contributed by atoms with Crippen molar-refractivity contribution >= 4 is 27.3 Å². The van der Waals surface area contributed by atoms with Crippen molar-refractivity contribution < 1.29 is 4.39 Å². The van der Waals surface area contributed by atoms with Crippen molar-refractivity contribution in [2.24, 2.45) is 0 Å². The Hall–Kier alpha value is -0.770. The quantitative estimate of drug-likeness (QED) is 0.710. The van der Waals surface area contributed by atoms with Crippen LogP contribution in [0.4, 0.5) is 15.8 Å². The maximum atomic E-state index is 12.7. The molecule has 0 aliphatic carbocycles. The van der Waals surface area contributed by atoms with Gasteiger partial charge in [-0.15, -0.1) is 0 Å². The lowest BCUT2D eigenvalue weighted by molar-refractivity contribution is 0.622. The fourth-order valence-electron chi connectivity index (χ4n) is 0.779. The predicted molar refractivity (Wildman–Crippen MR) is 48.1 cm³/mol. The smallest absolute Gasteiger partial charge is 0.139 e. The van der Waals surface area contributed by atoms with E-state index in [4.69, 9.17) is 5.73 Å². The van der Waals surface area contributed by atoms with Gasteiger partial charge in [-0.05, 0) is 22.0 Å². The van der Waals surface area contributed by atoms with E-state index in [-0.39, 0.29) is 5.82 Å². The number of nitrogens with one attached hydrogen (secondary N) is 1. The molecule has 0 heterocycles. The molecule has 11 heavy (non-hydrogen) atoms. The van der Waals surface area contributed by atoms with Gasteiger partial charge in [0.15, 0.2) is 0 Å². The van der Waals surface area contributed by atoms with Crippen molar-refractivity contribution in [3.05, 3.63) is 22.4 Å². The topological polar surface area (TPSA) is 38.0 Å². The highest BCUT2D eigenvalue weighted by Crippen LogP contribution is 2.25. The molecule has 2 nitrogen and oxygen atoms in total. The largest absolute Gasteiger partial charge is 0.397 e. The molecule has 60 valence electrons. The van der Waals surface area contributed by atoms with Crippen LogP contribution in [0.3, 0.4) is 0 Å². The number of hydrogen-bond donors (Lipinski definition) is 2. The molecule has 0 amide bonds. The third-order valence-electron chi connectivity index (χ3n) is 1.36. The van der Waals surface area contributed by atoms with E-state index in [2.05, 4.69) is 21.2 Å². The molecule has 0 saturated carbocycles. The number of halogens is 2. The highest BCUT2D eigenvalue weighted by molar-refractivity contribution is 9.10. The van der Waals surface area contributed by atoms with E-state index in [9.17, 15) is 4.39 Å². The van der Waals surface area contributed by atoms with Crippen molar-refractivity contribution in [2.45, 2.75) is 0 Å². The SMILES string of the molecule is CNc1cc(Br)c(F)cc1N. The van der Waals surface area contributed by atoms with Crippen LogP contribution in [0.1, 0.15) is 0 Å². The molecule has 4 heteroatoms. The fraction of sp³-hybridized carbons (Fsp3) is 0.143. The summed E-state index contributed by atoms with van der Waals surface area (Å²) in [4.78, 5) is 0. The Labute approximate surface area is 72.7 Å². The molecule has 3 N–H and O–H groups in total. The molecule has 0 aliphatic heterocycles. The maximum absolute atomic E-state index is 12.7. The second kappa shape index (κ2) is 3.09. The molecule has 0 radical (unpaired) electrons. The maximum Gasteiger partial charge on any atom is 0.139 e. The van der Waals surface area contributed by atoms with E-state index in [0.29, 0.717) is 10.2 Å². The summed E-state index contributed by atoms with van der Waals surface area (Å²) in [6.45, 7) is 0. The third-order valence-corrected chi connectivity index (χ3v) is 1.97. The summed E-state index contributed by atoms with van der Waals surface area (Å²) < 4.78 is 13.2. The lowest BCUT2D eigenvalue weighted by Gasteiger charge is -2.05. The zero-order valence-corrected chi connectivity index (χ0v) is 7.57. The summed E-state index contributed by atoms with van der Waals surface area (Å²) in [6, 6.07) is 2.88.